The molecule has 0 aliphatic heterocycles. The van der Waals surface area contributed by atoms with E-state index in [0.717, 1.165) is 16.7 Å². The van der Waals surface area contributed by atoms with Gasteiger partial charge in [0.05, 0.1) is 5.69 Å². The Hall–Kier alpha value is -1.29. The fourth-order valence-corrected chi connectivity index (χ4v) is 2.37. The summed E-state index contributed by atoms with van der Waals surface area (Å²) in [5.74, 6) is 1.94. The summed E-state index contributed by atoms with van der Waals surface area (Å²) in [6.45, 7) is 6.21. The smallest absolute Gasteiger partial charge is 0.195 e. The lowest BCUT2D eigenvalue weighted by molar-refractivity contribution is 0.862. The van der Waals surface area contributed by atoms with Crippen LogP contribution in [0.3, 0.4) is 0 Å². The fourth-order valence-electron chi connectivity index (χ4n) is 1.66. The summed E-state index contributed by atoms with van der Waals surface area (Å²) in [6, 6.07) is 8.30. The lowest BCUT2D eigenvalue weighted by atomic mass is 10.2. The van der Waals surface area contributed by atoms with E-state index >= 15 is 0 Å². The van der Waals surface area contributed by atoms with Crippen molar-refractivity contribution in [3.63, 3.8) is 0 Å². The van der Waals surface area contributed by atoms with E-state index in [1.165, 1.54) is 11.3 Å². The van der Waals surface area contributed by atoms with Crippen LogP contribution in [-0.2, 0) is 0 Å². The normalized spacial score (nSPS) is 10.7. The number of rotatable bonds is 3. The SMILES string of the molecule is CCSc1nnc(C)n1-c1ccccc1C. The van der Waals surface area contributed by atoms with Crippen LogP contribution in [0.2, 0.25) is 0 Å². The summed E-state index contributed by atoms with van der Waals surface area (Å²) in [7, 11) is 0. The number of nitrogens with zero attached hydrogens (tertiary/aromatic N) is 3. The predicted molar refractivity (Wildman–Crippen MR) is 67.2 cm³/mol. The van der Waals surface area contributed by atoms with Crippen molar-refractivity contribution >= 4 is 11.8 Å². The van der Waals surface area contributed by atoms with Gasteiger partial charge in [0, 0.05) is 0 Å². The number of hydrogen-bond donors (Lipinski definition) is 0. The number of aryl methyl sites for hydroxylation is 2. The Morgan fingerprint density at radius 3 is 2.62 bits per heavy atom. The Morgan fingerprint density at radius 2 is 1.94 bits per heavy atom. The van der Waals surface area contributed by atoms with Gasteiger partial charge in [-0.1, -0.05) is 36.9 Å². The third kappa shape index (κ3) is 1.97. The van der Waals surface area contributed by atoms with E-state index in [2.05, 4.69) is 40.7 Å². The standard InChI is InChI=1S/C12H15N3S/c1-4-16-12-14-13-10(3)15(12)11-8-6-5-7-9(11)2/h5-8H,4H2,1-3H3. The summed E-state index contributed by atoms with van der Waals surface area (Å²) in [6.07, 6.45) is 0. The van der Waals surface area contributed by atoms with E-state index < -0.39 is 0 Å². The Morgan fingerprint density at radius 1 is 1.19 bits per heavy atom. The highest BCUT2D eigenvalue weighted by atomic mass is 32.2. The van der Waals surface area contributed by atoms with Crippen molar-refractivity contribution in [1.82, 2.24) is 14.8 Å². The molecule has 0 saturated carbocycles. The van der Waals surface area contributed by atoms with Gasteiger partial charge < -0.3 is 0 Å². The number of benzene rings is 1. The first-order valence-corrected chi connectivity index (χ1v) is 6.33. The van der Waals surface area contributed by atoms with Gasteiger partial charge in [-0.05, 0) is 31.2 Å². The zero-order chi connectivity index (χ0) is 11.5. The van der Waals surface area contributed by atoms with Gasteiger partial charge in [0.1, 0.15) is 5.82 Å². The van der Waals surface area contributed by atoms with Crippen LogP contribution in [0.1, 0.15) is 18.3 Å². The highest BCUT2D eigenvalue weighted by Gasteiger charge is 2.11. The van der Waals surface area contributed by atoms with Gasteiger partial charge in [-0.3, -0.25) is 4.57 Å². The molecule has 4 heteroatoms. The molecule has 3 nitrogen and oxygen atoms in total. The largest absolute Gasteiger partial charge is 0.274 e. The van der Waals surface area contributed by atoms with Crippen LogP contribution in [-0.4, -0.2) is 20.5 Å². The predicted octanol–water partition coefficient (Wildman–Crippen LogP) is 3.00. The minimum absolute atomic E-state index is 0.935. The van der Waals surface area contributed by atoms with Gasteiger partial charge in [0.25, 0.3) is 0 Å². The highest BCUT2D eigenvalue weighted by Crippen LogP contribution is 2.23. The average Bonchev–Trinajstić information content (AvgIpc) is 2.62. The molecule has 84 valence electrons. The third-order valence-corrected chi connectivity index (χ3v) is 3.24. The van der Waals surface area contributed by atoms with E-state index in [1.807, 2.05) is 19.1 Å². The zero-order valence-electron chi connectivity index (χ0n) is 9.77. The van der Waals surface area contributed by atoms with Crippen LogP contribution >= 0.6 is 11.8 Å². The average molecular weight is 233 g/mol. The first-order chi connectivity index (χ1) is 7.74. The molecule has 0 radical (unpaired) electrons. The molecule has 16 heavy (non-hydrogen) atoms. The second-order valence-corrected chi connectivity index (χ2v) is 4.82. The van der Waals surface area contributed by atoms with Gasteiger partial charge in [-0.2, -0.15) is 0 Å². The lowest BCUT2D eigenvalue weighted by Gasteiger charge is -2.10. The van der Waals surface area contributed by atoms with Crippen molar-refractivity contribution in [1.29, 1.82) is 0 Å². The first kappa shape index (κ1) is 11.2. The van der Waals surface area contributed by atoms with Gasteiger partial charge >= 0.3 is 0 Å². The molecule has 0 unspecified atom stereocenters. The summed E-state index contributed by atoms with van der Waals surface area (Å²) in [5.41, 5.74) is 2.41. The maximum absolute atomic E-state index is 4.20. The summed E-state index contributed by atoms with van der Waals surface area (Å²) in [5, 5.41) is 9.31. The maximum atomic E-state index is 4.20. The molecule has 0 amide bonds. The van der Waals surface area contributed by atoms with E-state index in [0.29, 0.717) is 0 Å². The quantitative estimate of drug-likeness (QED) is 0.764. The highest BCUT2D eigenvalue weighted by molar-refractivity contribution is 7.99. The van der Waals surface area contributed by atoms with Crippen molar-refractivity contribution < 1.29 is 0 Å². The second-order valence-electron chi connectivity index (χ2n) is 3.58. The van der Waals surface area contributed by atoms with Crippen LogP contribution < -0.4 is 0 Å². The van der Waals surface area contributed by atoms with Crippen LogP contribution in [0, 0.1) is 13.8 Å². The van der Waals surface area contributed by atoms with Crippen molar-refractivity contribution in [2.24, 2.45) is 0 Å². The molecule has 0 aliphatic rings. The molecule has 0 bridgehead atoms. The minimum Gasteiger partial charge on any atom is -0.274 e. The molecule has 2 aromatic rings. The molecule has 0 fully saturated rings. The van der Waals surface area contributed by atoms with Crippen LogP contribution in [0.25, 0.3) is 5.69 Å². The Kier molecular flexibility index (Phi) is 3.29. The zero-order valence-corrected chi connectivity index (χ0v) is 10.6. The van der Waals surface area contributed by atoms with Crippen molar-refractivity contribution in [3.8, 4) is 5.69 Å². The monoisotopic (exact) mass is 233 g/mol. The Bertz CT molecular complexity index is 491. The molecule has 1 aromatic carbocycles. The van der Waals surface area contributed by atoms with Gasteiger partial charge in [0.2, 0.25) is 0 Å². The van der Waals surface area contributed by atoms with Gasteiger partial charge in [-0.15, -0.1) is 10.2 Å². The molecule has 0 spiro atoms. The van der Waals surface area contributed by atoms with Crippen LogP contribution in [0.4, 0.5) is 0 Å². The van der Waals surface area contributed by atoms with E-state index in [4.69, 9.17) is 0 Å². The summed E-state index contributed by atoms with van der Waals surface area (Å²) >= 11 is 1.72. The second kappa shape index (κ2) is 4.70. The van der Waals surface area contributed by atoms with Crippen molar-refractivity contribution in [2.45, 2.75) is 25.9 Å². The number of para-hydroxylation sites is 1. The van der Waals surface area contributed by atoms with E-state index in [9.17, 15) is 0 Å². The van der Waals surface area contributed by atoms with Crippen molar-refractivity contribution in [2.75, 3.05) is 5.75 Å². The molecule has 0 aliphatic carbocycles. The Labute approximate surface area is 99.9 Å². The van der Waals surface area contributed by atoms with Crippen LogP contribution in [0.15, 0.2) is 29.4 Å². The molecule has 0 saturated heterocycles. The molecule has 1 heterocycles. The van der Waals surface area contributed by atoms with E-state index in [1.54, 1.807) is 11.8 Å². The number of hydrogen-bond acceptors (Lipinski definition) is 3. The number of aromatic nitrogens is 3. The van der Waals surface area contributed by atoms with Gasteiger partial charge in [-0.25, -0.2) is 0 Å². The molecular formula is C12H15N3S. The summed E-state index contributed by atoms with van der Waals surface area (Å²) < 4.78 is 2.11. The topological polar surface area (TPSA) is 30.7 Å². The van der Waals surface area contributed by atoms with Crippen molar-refractivity contribution in [3.05, 3.63) is 35.7 Å². The fraction of sp³-hybridized carbons (Fsp3) is 0.333. The molecule has 2 rings (SSSR count). The molecular weight excluding hydrogens is 218 g/mol. The van der Waals surface area contributed by atoms with Gasteiger partial charge in [0.15, 0.2) is 5.16 Å². The molecule has 0 N–H and O–H groups in total. The first-order valence-electron chi connectivity index (χ1n) is 5.35. The molecule has 1 aromatic heterocycles. The number of thioether (sulfide) groups is 1. The molecule has 0 atom stereocenters. The summed E-state index contributed by atoms with van der Waals surface area (Å²) in [4.78, 5) is 0. The third-order valence-electron chi connectivity index (χ3n) is 2.42. The minimum atomic E-state index is 0.935. The van der Waals surface area contributed by atoms with E-state index in [-0.39, 0.29) is 0 Å². The maximum Gasteiger partial charge on any atom is 0.195 e. The lowest BCUT2D eigenvalue weighted by Crippen LogP contribution is -2.01. The van der Waals surface area contributed by atoms with Crippen LogP contribution in [0.5, 0.6) is 0 Å². The Balaban J connectivity index is 2.54.